The lowest BCUT2D eigenvalue weighted by Crippen LogP contribution is -2.05. The van der Waals surface area contributed by atoms with E-state index in [1.54, 1.807) is 12.1 Å². The molecule has 2 aromatic carbocycles. The highest BCUT2D eigenvalue weighted by atomic mass is 127. The van der Waals surface area contributed by atoms with E-state index in [-0.39, 0.29) is 22.3 Å². The lowest BCUT2D eigenvalue weighted by atomic mass is 10.1. The Kier molecular flexibility index (Phi) is 5.76. The Labute approximate surface area is 196 Å². The molecule has 30 heavy (non-hydrogen) atoms. The molecular weight excluding hydrogens is 590 g/mol. The quantitative estimate of drug-likeness (QED) is 0.117. The van der Waals surface area contributed by atoms with Gasteiger partial charge in [-0.2, -0.15) is 0 Å². The summed E-state index contributed by atoms with van der Waals surface area (Å²) in [6.07, 6.45) is 1.46. The van der Waals surface area contributed by atoms with Crippen molar-refractivity contribution in [2.24, 2.45) is 4.99 Å². The zero-order valence-corrected chi connectivity index (χ0v) is 19.3. The molecule has 0 aliphatic carbocycles. The van der Waals surface area contributed by atoms with Crippen molar-refractivity contribution < 1.29 is 18.9 Å². The van der Waals surface area contributed by atoms with E-state index in [4.69, 9.17) is 20.8 Å². The molecule has 10 heteroatoms. The largest absolute Gasteiger partial charge is 0.457 e. The van der Waals surface area contributed by atoms with Crippen molar-refractivity contribution in [3.8, 4) is 11.3 Å². The van der Waals surface area contributed by atoms with Gasteiger partial charge in [0.25, 0.3) is 5.69 Å². The van der Waals surface area contributed by atoms with Crippen molar-refractivity contribution in [1.29, 1.82) is 0 Å². The van der Waals surface area contributed by atoms with Gasteiger partial charge in [-0.25, -0.2) is 9.79 Å². The molecule has 7 nitrogen and oxygen atoms in total. The summed E-state index contributed by atoms with van der Waals surface area (Å²) in [6.45, 7) is 0. The first kappa shape index (κ1) is 20.8. The summed E-state index contributed by atoms with van der Waals surface area (Å²) in [5.41, 5.74) is 1.14. The van der Waals surface area contributed by atoms with Gasteiger partial charge in [-0.15, -0.1) is 0 Å². The molecule has 3 aromatic rings. The summed E-state index contributed by atoms with van der Waals surface area (Å²) < 4.78 is 12.9. The smallest absolute Gasteiger partial charge is 0.363 e. The number of halogens is 3. The molecule has 2 heterocycles. The van der Waals surface area contributed by atoms with E-state index in [1.165, 1.54) is 24.3 Å². The molecule has 4 rings (SSSR count). The maximum Gasteiger partial charge on any atom is 0.363 e. The molecule has 0 spiro atoms. The number of carbonyl (C=O) groups excluding carboxylic acids is 1. The first-order chi connectivity index (χ1) is 14.3. The maximum atomic E-state index is 12.2. The fraction of sp³-hybridized carbons (Fsp3) is 0. The average Bonchev–Trinajstić information content (AvgIpc) is 3.31. The molecule has 0 N–H and O–H groups in total. The number of hydrogen-bond donors (Lipinski definition) is 0. The van der Waals surface area contributed by atoms with Gasteiger partial charge in [0.05, 0.1) is 9.95 Å². The van der Waals surface area contributed by atoms with Gasteiger partial charge in [0.1, 0.15) is 11.5 Å². The summed E-state index contributed by atoms with van der Waals surface area (Å²) >= 11 is 11.8. The van der Waals surface area contributed by atoms with Crippen LogP contribution < -0.4 is 0 Å². The Morgan fingerprint density at radius 2 is 1.97 bits per heavy atom. The van der Waals surface area contributed by atoms with Crippen molar-refractivity contribution in [1.82, 2.24) is 0 Å². The van der Waals surface area contributed by atoms with Gasteiger partial charge in [0, 0.05) is 37.4 Å². The van der Waals surface area contributed by atoms with Crippen LogP contribution in [0.4, 0.5) is 5.69 Å². The first-order valence-corrected chi connectivity index (χ1v) is 10.6. The number of aliphatic imine (C=N–C) groups is 1. The fourth-order valence-corrected chi connectivity index (χ4v) is 3.67. The second-order valence-corrected chi connectivity index (χ2v) is 8.51. The number of non-ortho nitro benzene ring substituents is 1. The third-order valence-corrected chi connectivity index (χ3v) is 6.77. The van der Waals surface area contributed by atoms with Gasteiger partial charge in [-0.3, -0.25) is 10.1 Å². The molecule has 0 atom stereocenters. The maximum absolute atomic E-state index is 12.2. The zero-order chi connectivity index (χ0) is 21.4. The number of furan rings is 1. The number of nitrogens with zero attached hydrogens (tertiary/aromatic N) is 2. The molecule has 1 aliphatic rings. The molecule has 0 saturated heterocycles. The molecule has 150 valence electrons. The monoisotopic (exact) mass is 598 g/mol. The van der Waals surface area contributed by atoms with Gasteiger partial charge < -0.3 is 9.15 Å². The summed E-state index contributed by atoms with van der Waals surface area (Å²) in [6, 6.07) is 12.9. The minimum Gasteiger partial charge on any atom is -0.457 e. The van der Waals surface area contributed by atoms with Crippen LogP contribution in [0.25, 0.3) is 17.4 Å². The van der Waals surface area contributed by atoms with Gasteiger partial charge in [0.15, 0.2) is 5.70 Å². The Bertz CT molecular complexity index is 1270. The number of hydrogen-bond acceptors (Lipinski definition) is 6. The lowest BCUT2D eigenvalue weighted by Gasteiger charge is -2.01. The molecule has 1 aromatic heterocycles. The van der Waals surface area contributed by atoms with Gasteiger partial charge >= 0.3 is 5.97 Å². The number of esters is 1. The van der Waals surface area contributed by atoms with Crippen LogP contribution in [0.3, 0.4) is 0 Å². The SMILES string of the molecule is O=C1OC(c2ccc(I)c(Br)c2)=N/C1=C\c1ccc(-c2ccc([N+](=O)[O-])cc2Cl)o1. The van der Waals surface area contributed by atoms with E-state index >= 15 is 0 Å². The van der Waals surface area contributed by atoms with Crippen LogP contribution in [0, 0.1) is 13.7 Å². The number of ether oxygens (including phenoxy) is 1. The van der Waals surface area contributed by atoms with Crippen LogP contribution >= 0.6 is 50.1 Å². The summed E-state index contributed by atoms with van der Waals surface area (Å²) in [5.74, 6) is 0.374. The average molecular weight is 600 g/mol. The Morgan fingerprint density at radius 1 is 1.17 bits per heavy atom. The normalized spacial score (nSPS) is 14.7. The number of nitro groups is 1. The summed E-state index contributed by atoms with van der Waals surface area (Å²) in [4.78, 5) is 26.8. The second-order valence-electron chi connectivity index (χ2n) is 6.09. The number of carbonyl (C=O) groups is 1. The van der Waals surface area contributed by atoms with Crippen LogP contribution in [0.5, 0.6) is 0 Å². The van der Waals surface area contributed by atoms with E-state index in [0.29, 0.717) is 22.6 Å². The van der Waals surface area contributed by atoms with Crippen LogP contribution in [0.15, 0.2) is 68.1 Å². The molecular formula is C20H9BrClIN2O5. The number of nitro benzene ring substituents is 1. The Morgan fingerprint density at radius 3 is 2.67 bits per heavy atom. The van der Waals surface area contributed by atoms with E-state index in [2.05, 4.69) is 43.5 Å². The minimum absolute atomic E-state index is 0.0929. The lowest BCUT2D eigenvalue weighted by molar-refractivity contribution is -0.384. The highest BCUT2D eigenvalue weighted by molar-refractivity contribution is 14.1. The van der Waals surface area contributed by atoms with E-state index < -0.39 is 10.9 Å². The molecule has 0 radical (unpaired) electrons. The molecule has 0 unspecified atom stereocenters. The molecule has 0 saturated carbocycles. The van der Waals surface area contributed by atoms with Gasteiger partial charge in [-0.1, -0.05) is 11.6 Å². The Balaban J connectivity index is 1.62. The molecule has 0 amide bonds. The highest BCUT2D eigenvalue weighted by Gasteiger charge is 2.25. The Hall–Kier alpha value is -2.50. The van der Waals surface area contributed by atoms with Crippen LogP contribution in [-0.2, 0) is 9.53 Å². The van der Waals surface area contributed by atoms with Gasteiger partial charge in [-0.05, 0) is 74.9 Å². The van der Waals surface area contributed by atoms with Crippen molar-refractivity contribution in [2.45, 2.75) is 0 Å². The van der Waals surface area contributed by atoms with Crippen molar-refractivity contribution in [3.05, 3.63) is 88.7 Å². The number of benzene rings is 2. The first-order valence-electron chi connectivity index (χ1n) is 8.34. The molecule has 1 aliphatic heterocycles. The molecule has 0 bridgehead atoms. The van der Waals surface area contributed by atoms with E-state index in [9.17, 15) is 14.9 Å². The van der Waals surface area contributed by atoms with Crippen molar-refractivity contribution in [3.63, 3.8) is 0 Å². The number of rotatable bonds is 4. The number of cyclic esters (lactones) is 1. The highest BCUT2D eigenvalue weighted by Crippen LogP contribution is 2.33. The van der Waals surface area contributed by atoms with Crippen molar-refractivity contribution in [2.75, 3.05) is 0 Å². The van der Waals surface area contributed by atoms with E-state index in [0.717, 1.165) is 8.04 Å². The van der Waals surface area contributed by atoms with Crippen LogP contribution in [0.1, 0.15) is 11.3 Å². The predicted molar refractivity (Wildman–Crippen MR) is 123 cm³/mol. The zero-order valence-electron chi connectivity index (χ0n) is 14.8. The minimum atomic E-state index is -0.592. The third kappa shape index (κ3) is 4.18. The second kappa shape index (κ2) is 8.32. The van der Waals surface area contributed by atoms with E-state index in [1.807, 2.05) is 18.2 Å². The van der Waals surface area contributed by atoms with Crippen molar-refractivity contribution >= 4 is 73.8 Å². The summed E-state index contributed by atoms with van der Waals surface area (Å²) in [7, 11) is 0. The third-order valence-electron chi connectivity index (χ3n) is 4.12. The fourth-order valence-electron chi connectivity index (χ4n) is 2.69. The van der Waals surface area contributed by atoms with Gasteiger partial charge in [0.2, 0.25) is 5.90 Å². The van der Waals surface area contributed by atoms with Crippen LogP contribution in [-0.4, -0.2) is 16.8 Å². The molecule has 0 fully saturated rings. The van der Waals surface area contributed by atoms with Crippen LogP contribution in [0.2, 0.25) is 5.02 Å². The summed E-state index contributed by atoms with van der Waals surface area (Å²) in [5, 5.41) is 11.0. The predicted octanol–water partition coefficient (Wildman–Crippen LogP) is 6.22. The topological polar surface area (TPSA) is 94.9 Å². The standard InChI is InChI=1S/C20H9BrClIN2O5/c21-14-7-10(1-5-16(14)23)19-24-17(20(26)30-19)9-12-3-6-18(29-12)13-4-2-11(25(27)28)8-15(13)22/h1-9H/b17-9-.